The van der Waals surface area contributed by atoms with E-state index in [1.807, 2.05) is 0 Å². The zero-order valence-corrected chi connectivity index (χ0v) is 14.2. The van der Waals surface area contributed by atoms with Gasteiger partial charge >= 0.3 is 6.03 Å². The molecule has 9 heteroatoms. The number of H-pyrrole nitrogens is 1. The lowest BCUT2D eigenvalue weighted by atomic mass is 10.1. The fourth-order valence-electron chi connectivity index (χ4n) is 2.99. The molecule has 2 fully saturated rings. The van der Waals surface area contributed by atoms with Gasteiger partial charge in [0.25, 0.3) is 11.8 Å². The highest BCUT2D eigenvalue weighted by molar-refractivity contribution is 6.08. The Labute approximate surface area is 144 Å². The SMILES string of the molecule is CC1(C)NC(=O)N(CC(=O)N2CCN(C(=O)c3ccc[nH]3)CC2)C1=O. The maximum absolute atomic E-state index is 12.4. The highest BCUT2D eigenvalue weighted by Crippen LogP contribution is 2.17. The molecule has 0 unspecified atom stereocenters. The van der Waals surface area contributed by atoms with E-state index in [1.54, 1.807) is 42.0 Å². The molecule has 0 spiro atoms. The van der Waals surface area contributed by atoms with Gasteiger partial charge in [0.2, 0.25) is 5.91 Å². The number of aromatic nitrogens is 1. The third-order valence-corrected chi connectivity index (χ3v) is 4.49. The lowest BCUT2D eigenvalue weighted by Gasteiger charge is -2.35. The molecule has 134 valence electrons. The van der Waals surface area contributed by atoms with Crippen molar-refractivity contribution in [2.75, 3.05) is 32.7 Å². The van der Waals surface area contributed by atoms with E-state index in [0.29, 0.717) is 31.9 Å². The minimum atomic E-state index is -0.988. The van der Waals surface area contributed by atoms with E-state index in [-0.39, 0.29) is 18.4 Å². The molecule has 3 heterocycles. The normalized spacial score (nSPS) is 20.0. The molecule has 1 aromatic rings. The second-order valence-corrected chi connectivity index (χ2v) is 6.70. The smallest absolute Gasteiger partial charge is 0.325 e. The van der Waals surface area contributed by atoms with Crippen molar-refractivity contribution >= 4 is 23.8 Å². The lowest BCUT2D eigenvalue weighted by Crippen LogP contribution is -2.53. The van der Waals surface area contributed by atoms with Crippen molar-refractivity contribution < 1.29 is 19.2 Å². The van der Waals surface area contributed by atoms with Gasteiger partial charge in [-0.15, -0.1) is 0 Å². The van der Waals surface area contributed by atoms with E-state index >= 15 is 0 Å². The van der Waals surface area contributed by atoms with Crippen LogP contribution in [-0.4, -0.2) is 81.7 Å². The predicted molar refractivity (Wildman–Crippen MR) is 87.6 cm³/mol. The fraction of sp³-hybridized carbons (Fsp3) is 0.500. The molecular weight excluding hydrogens is 326 g/mol. The number of rotatable bonds is 3. The summed E-state index contributed by atoms with van der Waals surface area (Å²) in [6.07, 6.45) is 1.69. The van der Waals surface area contributed by atoms with Gasteiger partial charge in [0.05, 0.1) is 0 Å². The molecule has 0 aromatic carbocycles. The average molecular weight is 347 g/mol. The first-order valence-corrected chi connectivity index (χ1v) is 8.14. The van der Waals surface area contributed by atoms with E-state index in [4.69, 9.17) is 0 Å². The largest absolute Gasteiger partial charge is 0.357 e. The van der Waals surface area contributed by atoms with Gasteiger partial charge < -0.3 is 20.1 Å². The molecule has 2 N–H and O–H groups in total. The number of hydrogen-bond acceptors (Lipinski definition) is 4. The van der Waals surface area contributed by atoms with Gasteiger partial charge in [0.1, 0.15) is 17.8 Å². The molecule has 2 aliphatic heterocycles. The molecule has 2 saturated heterocycles. The summed E-state index contributed by atoms with van der Waals surface area (Å²) < 4.78 is 0. The number of nitrogens with zero attached hydrogens (tertiary/aromatic N) is 3. The van der Waals surface area contributed by atoms with Crippen molar-refractivity contribution in [3.8, 4) is 0 Å². The second-order valence-electron chi connectivity index (χ2n) is 6.70. The van der Waals surface area contributed by atoms with Crippen molar-refractivity contribution in [1.82, 2.24) is 25.0 Å². The summed E-state index contributed by atoms with van der Waals surface area (Å²) >= 11 is 0. The highest BCUT2D eigenvalue weighted by atomic mass is 16.2. The van der Waals surface area contributed by atoms with Crippen LogP contribution in [0.5, 0.6) is 0 Å². The average Bonchev–Trinajstić information content (AvgIpc) is 3.17. The first-order valence-electron chi connectivity index (χ1n) is 8.14. The first-order chi connectivity index (χ1) is 11.8. The van der Waals surface area contributed by atoms with Gasteiger partial charge in [0, 0.05) is 32.4 Å². The summed E-state index contributed by atoms with van der Waals surface area (Å²) in [4.78, 5) is 55.7. The first kappa shape index (κ1) is 17.0. The summed E-state index contributed by atoms with van der Waals surface area (Å²) in [6, 6.07) is 2.91. The Bertz CT molecular complexity index is 704. The number of carbonyl (C=O) groups is 4. The number of urea groups is 1. The van der Waals surface area contributed by atoms with Gasteiger partial charge in [-0.3, -0.25) is 19.3 Å². The molecule has 25 heavy (non-hydrogen) atoms. The molecule has 0 radical (unpaired) electrons. The summed E-state index contributed by atoms with van der Waals surface area (Å²) in [5.74, 6) is -0.812. The Morgan fingerprint density at radius 3 is 2.28 bits per heavy atom. The van der Waals surface area contributed by atoms with Gasteiger partial charge in [-0.25, -0.2) is 4.79 Å². The number of hydrogen-bond donors (Lipinski definition) is 2. The van der Waals surface area contributed by atoms with Gasteiger partial charge in [-0.1, -0.05) is 0 Å². The molecular formula is C16H21N5O4. The molecule has 2 aliphatic rings. The predicted octanol–water partition coefficient (Wildman–Crippen LogP) is -0.370. The standard InChI is InChI=1S/C16H21N5O4/c1-16(2)14(24)21(15(25)18-16)10-12(22)19-6-8-20(9-7-19)13(23)11-4-3-5-17-11/h3-5,17H,6-10H2,1-2H3,(H,18,25). The van der Waals surface area contributed by atoms with E-state index in [2.05, 4.69) is 10.3 Å². The molecule has 0 saturated carbocycles. The Morgan fingerprint density at radius 1 is 1.12 bits per heavy atom. The zero-order valence-electron chi connectivity index (χ0n) is 14.2. The van der Waals surface area contributed by atoms with E-state index in [1.165, 1.54) is 0 Å². The molecule has 1 aromatic heterocycles. The molecule has 9 nitrogen and oxygen atoms in total. The minimum absolute atomic E-state index is 0.104. The van der Waals surface area contributed by atoms with Crippen molar-refractivity contribution in [3.63, 3.8) is 0 Å². The molecule has 0 aliphatic carbocycles. The van der Waals surface area contributed by atoms with E-state index in [9.17, 15) is 19.2 Å². The van der Waals surface area contributed by atoms with Gasteiger partial charge in [-0.2, -0.15) is 0 Å². The van der Waals surface area contributed by atoms with Crippen molar-refractivity contribution in [2.45, 2.75) is 19.4 Å². The van der Waals surface area contributed by atoms with E-state index in [0.717, 1.165) is 4.90 Å². The number of piperazine rings is 1. The molecule has 0 atom stereocenters. The molecule has 5 amide bonds. The third kappa shape index (κ3) is 3.21. The van der Waals surface area contributed by atoms with Crippen LogP contribution in [0.3, 0.4) is 0 Å². The molecule has 0 bridgehead atoms. The van der Waals surface area contributed by atoms with E-state index < -0.39 is 17.5 Å². The van der Waals surface area contributed by atoms with Crippen LogP contribution in [-0.2, 0) is 9.59 Å². The minimum Gasteiger partial charge on any atom is -0.357 e. The Morgan fingerprint density at radius 2 is 1.76 bits per heavy atom. The number of aromatic amines is 1. The Kier molecular flexibility index (Phi) is 4.23. The quantitative estimate of drug-likeness (QED) is 0.728. The van der Waals surface area contributed by atoms with Gasteiger partial charge in [0.15, 0.2) is 0 Å². The third-order valence-electron chi connectivity index (χ3n) is 4.49. The van der Waals surface area contributed by atoms with Crippen molar-refractivity contribution in [2.24, 2.45) is 0 Å². The molecule has 3 rings (SSSR count). The van der Waals surface area contributed by atoms with Crippen LogP contribution in [0.1, 0.15) is 24.3 Å². The summed E-state index contributed by atoms with van der Waals surface area (Å²) in [5.41, 5.74) is -0.472. The van der Waals surface area contributed by atoms with Crippen LogP contribution in [0.15, 0.2) is 18.3 Å². The van der Waals surface area contributed by atoms with Crippen LogP contribution < -0.4 is 5.32 Å². The number of nitrogens with one attached hydrogen (secondary N) is 2. The van der Waals surface area contributed by atoms with Crippen LogP contribution in [0.2, 0.25) is 0 Å². The fourth-order valence-corrected chi connectivity index (χ4v) is 2.99. The van der Waals surface area contributed by atoms with Crippen LogP contribution in [0.25, 0.3) is 0 Å². The zero-order chi connectivity index (χ0) is 18.2. The highest BCUT2D eigenvalue weighted by Gasteiger charge is 2.45. The van der Waals surface area contributed by atoms with Gasteiger partial charge in [-0.05, 0) is 26.0 Å². The Balaban J connectivity index is 1.55. The monoisotopic (exact) mass is 347 g/mol. The maximum Gasteiger partial charge on any atom is 0.325 e. The number of amides is 5. The summed E-state index contributed by atoms with van der Waals surface area (Å²) in [7, 11) is 0. The Hall–Kier alpha value is -2.84. The van der Waals surface area contributed by atoms with Crippen molar-refractivity contribution in [3.05, 3.63) is 24.0 Å². The summed E-state index contributed by atoms with van der Waals surface area (Å²) in [6.45, 7) is 4.49. The summed E-state index contributed by atoms with van der Waals surface area (Å²) in [5, 5.41) is 2.55. The second kappa shape index (κ2) is 6.23. The van der Waals surface area contributed by atoms with Crippen LogP contribution in [0, 0.1) is 0 Å². The lowest BCUT2D eigenvalue weighted by molar-refractivity contribution is -0.139. The van der Waals surface area contributed by atoms with Crippen LogP contribution in [0.4, 0.5) is 4.79 Å². The number of imide groups is 1. The maximum atomic E-state index is 12.4. The number of carbonyl (C=O) groups excluding carboxylic acids is 4. The van der Waals surface area contributed by atoms with Crippen LogP contribution >= 0.6 is 0 Å². The van der Waals surface area contributed by atoms with Crippen molar-refractivity contribution in [1.29, 1.82) is 0 Å². The topological polar surface area (TPSA) is 106 Å².